The summed E-state index contributed by atoms with van der Waals surface area (Å²) in [5.74, 6) is -1.53. The number of carboxylic acid groups (broad SMARTS) is 1. The van der Waals surface area contributed by atoms with E-state index in [1.165, 1.54) is 6.07 Å². The zero-order valence-corrected chi connectivity index (χ0v) is 11.7. The van der Waals surface area contributed by atoms with Crippen molar-refractivity contribution in [1.29, 1.82) is 0 Å². The van der Waals surface area contributed by atoms with Crippen LogP contribution in [0.25, 0.3) is 11.1 Å². The van der Waals surface area contributed by atoms with Crippen LogP contribution in [0.4, 0.5) is 26.3 Å². The van der Waals surface area contributed by atoms with Gasteiger partial charge in [-0.1, -0.05) is 18.2 Å². The molecule has 128 valence electrons. The van der Waals surface area contributed by atoms with Crippen LogP contribution in [0, 0.1) is 0 Å². The predicted molar refractivity (Wildman–Crippen MR) is 71.0 cm³/mol. The summed E-state index contributed by atoms with van der Waals surface area (Å²) in [6.07, 6.45) is -9.89. The van der Waals surface area contributed by atoms with Crippen molar-refractivity contribution in [3.05, 3.63) is 53.3 Å². The van der Waals surface area contributed by atoms with Gasteiger partial charge in [0.1, 0.15) is 0 Å². The summed E-state index contributed by atoms with van der Waals surface area (Å²) in [5.41, 5.74) is -4.11. The number of hydrogen-bond acceptors (Lipinski definition) is 2. The highest BCUT2D eigenvalue weighted by Crippen LogP contribution is 2.39. The molecule has 0 fully saturated rings. The molecule has 0 amide bonds. The van der Waals surface area contributed by atoms with Gasteiger partial charge in [-0.2, -0.15) is 26.3 Å². The lowest BCUT2D eigenvalue weighted by Crippen LogP contribution is -2.14. The number of pyridine rings is 1. The Morgan fingerprint density at radius 1 is 1.00 bits per heavy atom. The maximum absolute atomic E-state index is 13.1. The molecule has 0 aliphatic heterocycles. The number of halogens is 6. The molecule has 0 bridgehead atoms. The van der Waals surface area contributed by atoms with Gasteiger partial charge in [-0.3, -0.25) is 9.78 Å². The van der Waals surface area contributed by atoms with E-state index in [0.29, 0.717) is 6.07 Å². The van der Waals surface area contributed by atoms with Gasteiger partial charge in [0.25, 0.3) is 0 Å². The molecule has 1 aromatic carbocycles. The Morgan fingerprint density at radius 3 is 2.12 bits per heavy atom. The summed E-state index contributed by atoms with van der Waals surface area (Å²) in [4.78, 5) is 14.0. The van der Waals surface area contributed by atoms with E-state index < -0.39 is 52.7 Å². The van der Waals surface area contributed by atoms with Crippen LogP contribution in [0.3, 0.4) is 0 Å². The molecular weight excluding hydrogens is 340 g/mol. The van der Waals surface area contributed by atoms with Crippen molar-refractivity contribution in [1.82, 2.24) is 4.98 Å². The molecule has 0 atom stereocenters. The second-order valence-electron chi connectivity index (χ2n) is 4.83. The van der Waals surface area contributed by atoms with Crippen molar-refractivity contribution < 1.29 is 36.2 Å². The second-order valence-corrected chi connectivity index (χ2v) is 4.83. The van der Waals surface area contributed by atoms with Crippen molar-refractivity contribution in [2.45, 2.75) is 18.8 Å². The van der Waals surface area contributed by atoms with Crippen LogP contribution in [0.2, 0.25) is 0 Å². The third kappa shape index (κ3) is 3.84. The van der Waals surface area contributed by atoms with E-state index in [-0.39, 0.29) is 0 Å². The molecule has 1 N–H and O–H groups in total. The maximum Gasteiger partial charge on any atom is 0.418 e. The van der Waals surface area contributed by atoms with Crippen LogP contribution in [0.15, 0.2) is 36.5 Å². The molecule has 0 spiro atoms. The van der Waals surface area contributed by atoms with Gasteiger partial charge in [0, 0.05) is 11.8 Å². The zero-order valence-electron chi connectivity index (χ0n) is 11.7. The highest BCUT2D eigenvalue weighted by molar-refractivity contribution is 5.72. The Hall–Kier alpha value is -2.58. The fourth-order valence-corrected chi connectivity index (χ4v) is 2.15. The molecule has 0 aliphatic carbocycles. The van der Waals surface area contributed by atoms with Crippen LogP contribution in [-0.4, -0.2) is 16.1 Å². The predicted octanol–water partition coefficient (Wildman–Crippen LogP) is 4.41. The average Bonchev–Trinajstić information content (AvgIpc) is 2.45. The lowest BCUT2D eigenvalue weighted by Gasteiger charge is -2.16. The Morgan fingerprint density at radius 2 is 1.58 bits per heavy atom. The van der Waals surface area contributed by atoms with Crippen LogP contribution in [0.1, 0.15) is 16.8 Å². The Bertz CT molecular complexity index is 767. The number of carbonyl (C=O) groups is 1. The molecule has 0 saturated heterocycles. The van der Waals surface area contributed by atoms with E-state index in [0.717, 1.165) is 24.4 Å². The number of alkyl halides is 6. The molecule has 24 heavy (non-hydrogen) atoms. The largest absolute Gasteiger partial charge is 0.481 e. The monoisotopic (exact) mass is 349 g/mol. The molecule has 0 radical (unpaired) electrons. The number of hydrogen-bond donors (Lipinski definition) is 1. The second kappa shape index (κ2) is 6.14. The SMILES string of the molecule is O=C(O)Cc1ncc(-c2ccccc2C(F)(F)F)cc1C(F)(F)F. The summed E-state index contributed by atoms with van der Waals surface area (Å²) < 4.78 is 78.2. The van der Waals surface area contributed by atoms with E-state index in [1.807, 2.05) is 0 Å². The minimum atomic E-state index is -4.94. The summed E-state index contributed by atoms with van der Waals surface area (Å²) in [6, 6.07) is 4.62. The Kier molecular flexibility index (Phi) is 4.54. The normalized spacial score (nSPS) is 12.2. The first-order chi connectivity index (χ1) is 11.0. The molecule has 2 rings (SSSR count). The number of carboxylic acids is 1. The summed E-state index contributed by atoms with van der Waals surface area (Å²) in [6.45, 7) is 0. The average molecular weight is 349 g/mol. The standard InChI is InChI=1S/C15H9F6NO2/c16-14(17,18)10-4-2-1-3-9(10)8-5-11(15(19,20)21)12(22-7-8)6-13(23)24/h1-5,7H,6H2,(H,23,24). The molecule has 1 aromatic heterocycles. The van der Waals surface area contributed by atoms with Crippen molar-refractivity contribution >= 4 is 5.97 Å². The van der Waals surface area contributed by atoms with Crippen LogP contribution >= 0.6 is 0 Å². The maximum atomic E-state index is 13.1. The summed E-state index contributed by atoms with van der Waals surface area (Å²) in [5, 5.41) is 8.64. The lowest BCUT2D eigenvalue weighted by atomic mass is 9.98. The minimum absolute atomic E-state index is 0.399. The first-order valence-corrected chi connectivity index (χ1v) is 6.44. The summed E-state index contributed by atoms with van der Waals surface area (Å²) in [7, 11) is 0. The van der Waals surface area contributed by atoms with E-state index in [2.05, 4.69) is 4.98 Å². The number of aliphatic carboxylic acids is 1. The van der Waals surface area contributed by atoms with E-state index in [4.69, 9.17) is 5.11 Å². The van der Waals surface area contributed by atoms with Crippen molar-refractivity contribution in [2.24, 2.45) is 0 Å². The quantitative estimate of drug-likeness (QED) is 0.835. The molecule has 3 nitrogen and oxygen atoms in total. The van der Waals surface area contributed by atoms with Crippen molar-refractivity contribution in [3.63, 3.8) is 0 Å². The molecule has 1 heterocycles. The molecular formula is C15H9F6NO2. The smallest absolute Gasteiger partial charge is 0.418 e. The number of nitrogens with zero attached hydrogens (tertiary/aromatic N) is 1. The molecule has 0 unspecified atom stereocenters. The fourth-order valence-electron chi connectivity index (χ4n) is 2.15. The molecule has 0 saturated carbocycles. The third-order valence-corrected chi connectivity index (χ3v) is 3.14. The van der Waals surface area contributed by atoms with Gasteiger partial charge in [0.15, 0.2) is 0 Å². The van der Waals surface area contributed by atoms with E-state index in [9.17, 15) is 31.1 Å². The van der Waals surface area contributed by atoms with Crippen LogP contribution in [-0.2, 0) is 23.6 Å². The van der Waals surface area contributed by atoms with Crippen molar-refractivity contribution in [3.8, 4) is 11.1 Å². The van der Waals surface area contributed by atoms with Crippen LogP contribution in [0.5, 0.6) is 0 Å². The Labute approximate surface area is 131 Å². The van der Waals surface area contributed by atoms with Gasteiger partial charge in [0.05, 0.1) is 23.2 Å². The van der Waals surface area contributed by atoms with Gasteiger partial charge >= 0.3 is 18.3 Å². The number of aromatic nitrogens is 1. The number of rotatable bonds is 3. The van der Waals surface area contributed by atoms with E-state index in [1.54, 1.807) is 0 Å². The molecule has 0 aliphatic rings. The van der Waals surface area contributed by atoms with Gasteiger partial charge < -0.3 is 5.11 Å². The minimum Gasteiger partial charge on any atom is -0.481 e. The van der Waals surface area contributed by atoms with Gasteiger partial charge in [-0.05, 0) is 17.7 Å². The topological polar surface area (TPSA) is 50.2 Å². The molecule has 2 aromatic rings. The third-order valence-electron chi connectivity index (χ3n) is 3.14. The lowest BCUT2D eigenvalue weighted by molar-refractivity contribution is -0.140. The molecule has 9 heteroatoms. The van der Waals surface area contributed by atoms with Crippen molar-refractivity contribution in [2.75, 3.05) is 0 Å². The van der Waals surface area contributed by atoms with E-state index >= 15 is 0 Å². The fraction of sp³-hybridized carbons (Fsp3) is 0.200. The Balaban J connectivity index is 2.64. The first kappa shape index (κ1) is 17.8. The van der Waals surface area contributed by atoms with Crippen LogP contribution < -0.4 is 0 Å². The highest BCUT2D eigenvalue weighted by Gasteiger charge is 2.37. The summed E-state index contributed by atoms with van der Waals surface area (Å²) >= 11 is 0. The zero-order chi connectivity index (χ0) is 18.1. The van der Waals surface area contributed by atoms with Gasteiger partial charge in [0.2, 0.25) is 0 Å². The first-order valence-electron chi connectivity index (χ1n) is 6.44. The van der Waals surface area contributed by atoms with Gasteiger partial charge in [-0.15, -0.1) is 0 Å². The highest BCUT2D eigenvalue weighted by atomic mass is 19.4. The number of benzene rings is 1. The van der Waals surface area contributed by atoms with Gasteiger partial charge in [-0.25, -0.2) is 0 Å².